The van der Waals surface area contributed by atoms with Gasteiger partial charge in [-0.05, 0) is 36.1 Å². The molecule has 2 rings (SSSR count). The highest BCUT2D eigenvalue weighted by molar-refractivity contribution is 5.78. The molecule has 0 fully saturated rings. The second-order valence-corrected chi connectivity index (χ2v) is 5.08. The smallest absolute Gasteiger partial charge is 0.134 e. The summed E-state index contributed by atoms with van der Waals surface area (Å²) in [5.74, 6) is 6.89. The molecule has 18 heavy (non-hydrogen) atoms. The van der Waals surface area contributed by atoms with Crippen molar-refractivity contribution in [2.75, 3.05) is 0 Å². The first-order chi connectivity index (χ1) is 8.52. The van der Waals surface area contributed by atoms with Crippen LogP contribution in [0.15, 0.2) is 28.7 Å². The van der Waals surface area contributed by atoms with Gasteiger partial charge in [0, 0.05) is 5.39 Å². The average molecular weight is 250 g/mol. The van der Waals surface area contributed by atoms with Gasteiger partial charge in [-0.25, -0.2) is 9.82 Å². The molecule has 0 bridgehead atoms. The molecule has 0 saturated heterocycles. The van der Waals surface area contributed by atoms with E-state index >= 15 is 0 Å². The lowest BCUT2D eigenvalue weighted by molar-refractivity contribution is 0.274. The van der Waals surface area contributed by atoms with E-state index in [9.17, 15) is 4.39 Å². The molecule has 0 radical (unpaired) electrons. The number of nitrogens with two attached hydrogens (primary N) is 1. The molecule has 2 aromatic rings. The molecule has 0 aliphatic carbocycles. The van der Waals surface area contributed by atoms with Crippen molar-refractivity contribution in [2.24, 2.45) is 17.7 Å². The zero-order valence-electron chi connectivity index (χ0n) is 10.9. The summed E-state index contributed by atoms with van der Waals surface area (Å²) in [6.07, 6.45) is 0. The van der Waals surface area contributed by atoms with Crippen molar-refractivity contribution in [2.45, 2.75) is 26.8 Å². The van der Waals surface area contributed by atoms with Gasteiger partial charge < -0.3 is 4.42 Å². The lowest BCUT2D eigenvalue weighted by Crippen LogP contribution is -2.34. The Hall–Kier alpha value is -1.39. The molecule has 0 spiro atoms. The Labute approximate surface area is 106 Å². The normalized spacial score (nSPS) is 15.2. The summed E-state index contributed by atoms with van der Waals surface area (Å²) in [7, 11) is 0. The molecule has 2 unspecified atom stereocenters. The molecule has 4 heteroatoms. The van der Waals surface area contributed by atoms with E-state index in [-0.39, 0.29) is 11.9 Å². The molecule has 0 aliphatic heterocycles. The minimum Gasteiger partial charge on any atom is -0.459 e. The molecule has 1 aromatic carbocycles. The Morgan fingerprint density at radius 3 is 2.56 bits per heavy atom. The standard InChI is InChI=1S/C14H19FN2O/c1-8(2)9(3)14(17-16)13-7-10-6-11(15)4-5-12(10)18-13/h4-9,14,17H,16H2,1-3H3. The number of fused-ring (bicyclic) bond motifs is 1. The summed E-state index contributed by atoms with van der Waals surface area (Å²) in [6, 6.07) is 6.28. The van der Waals surface area contributed by atoms with Crippen LogP contribution in [0.1, 0.15) is 32.6 Å². The Morgan fingerprint density at radius 1 is 1.22 bits per heavy atom. The van der Waals surface area contributed by atoms with Gasteiger partial charge in [0.2, 0.25) is 0 Å². The SMILES string of the molecule is CC(C)C(C)C(NN)c1cc2cc(F)ccc2o1. The van der Waals surface area contributed by atoms with Crippen molar-refractivity contribution in [1.82, 2.24) is 5.43 Å². The molecule has 0 amide bonds. The lowest BCUT2D eigenvalue weighted by Gasteiger charge is -2.24. The minimum atomic E-state index is -0.260. The monoisotopic (exact) mass is 250 g/mol. The Kier molecular flexibility index (Phi) is 3.68. The van der Waals surface area contributed by atoms with Crippen molar-refractivity contribution in [3.63, 3.8) is 0 Å². The topological polar surface area (TPSA) is 51.2 Å². The zero-order valence-corrected chi connectivity index (χ0v) is 10.9. The summed E-state index contributed by atoms with van der Waals surface area (Å²) < 4.78 is 18.9. The Morgan fingerprint density at radius 2 is 1.94 bits per heavy atom. The highest BCUT2D eigenvalue weighted by Gasteiger charge is 2.24. The van der Waals surface area contributed by atoms with E-state index in [4.69, 9.17) is 10.3 Å². The minimum absolute atomic E-state index is 0.0690. The quantitative estimate of drug-likeness (QED) is 0.646. The van der Waals surface area contributed by atoms with Crippen molar-refractivity contribution >= 4 is 11.0 Å². The Bertz CT molecular complexity index is 536. The van der Waals surface area contributed by atoms with Gasteiger partial charge in [0.15, 0.2) is 0 Å². The van der Waals surface area contributed by atoms with Crippen LogP contribution >= 0.6 is 0 Å². The van der Waals surface area contributed by atoms with E-state index in [2.05, 4.69) is 26.2 Å². The van der Waals surface area contributed by atoms with Gasteiger partial charge in [0.1, 0.15) is 17.2 Å². The summed E-state index contributed by atoms with van der Waals surface area (Å²) in [4.78, 5) is 0. The van der Waals surface area contributed by atoms with E-state index in [1.54, 1.807) is 6.07 Å². The number of hydrogen-bond acceptors (Lipinski definition) is 3. The molecular weight excluding hydrogens is 231 g/mol. The molecule has 0 saturated carbocycles. The Balaban J connectivity index is 2.39. The fourth-order valence-electron chi connectivity index (χ4n) is 2.07. The molecule has 1 heterocycles. The molecule has 3 N–H and O–H groups in total. The van der Waals surface area contributed by atoms with Crippen LogP contribution in [0.2, 0.25) is 0 Å². The second kappa shape index (κ2) is 5.08. The number of halogens is 1. The maximum absolute atomic E-state index is 13.1. The predicted octanol–water partition coefficient (Wildman–Crippen LogP) is 3.37. The van der Waals surface area contributed by atoms with Gasteiger partial charge in [-0.1, -0.05) is 20.8 Å². The number of hydrogen-bond donors (Lipinski definition) is 2. The maximum atomic E-state index is 13.1. The van der Waals surface area contributed by atoms with Crippen LogP contribution in [0, 0.1) is 17.7 Å². The third-order valence-electron chi connectivity index (χ3n) is 3.56. The molecular formula is C14H19FN2O. The average Bonchev–Trinajstić information content (AvgIpc) is 2.72. The first-order valence-corrected chi connectivity index (χ1v) is 6.18. The van der Waals surface area contributed by atoms with Gasteiger partial charge in [0.25, 0.3) is 0 Å². The highest BCUT2D eigenvalue weighted by atomic mass is 19.1. The van der Waals surface area contributed by atoms with Gasteiger partial charge in [-0.3, -0.25) is 5.84 Å². The number of benzene rings is 1. The van der Waals surface area contributed by atoms with Crippen molar-refractivity contribution in [3.05, 3.63) is 35.8 Å². The summed E-state index contributed by atoms with van der Waals surface area (Å²) >= 11 is 0. The molecule has 1 aromatic heterocycles. The summed E-state index contributed by atoms with van der Waals surface area (Å²) in [5, 5.41) is 0.765. The zero-order chi connectivity index (χ0) is 13.3. The maximum Gasteiger partial charge on any atom is 0.134 e. The van der Waals surface area contributed by atoms with Gasteiger partial charge >= 0.3 is 0 Å². The predicted molar refractivity (Wildman–Crippen MR) is 70.2 cm³/mol. The fraction of sp³-hybridized carbons (Fsp3) is 0.429. The van der Waals surface area contributed by atoms with Crippen LogP contribution in [0.3, 0.4) is 0 Å². The van der Waals surface area contributed by atoms with Crippen LogP contribution in [-0.2, 0) is 0 Å². The molecule has 2 atom stereocenters. The largest absolute Gasteiger partial charge is 0.459 e. The van der Waals surface area contributed by atoms with E-state index < -0.39 is 0 Å². The van der Waals surface area contributed by atoms with E-state index in [0.29, 0.717) is 17.4 Å². The van der Waals surface area contributed by atoms with E-state index in [0.717, 1.165) is 11.1 Å². The third kappa shape index (κ3) is 2.40. The third-order valence-corrected chi connectivity index (χ3v) is 3.56. The molecule has 3 nitrogen and oxygen atoms in total. The van der Waals surface area contributed by atoms with Crippen LogP contribution < -0.4 is 11.3 Å². The molecule has 0 aliphatic rings. The van der Waals surface area contributed by atoms with Crippen molar-refractivity contribution in [3.8, 4) is 0 Å². The number of furan rings is 1. The van der Waals surface area contributed by atoms with Crippen LogP contribution in [0.25, 0.3) is 11.0 Å². The first kappa shape index (κ1) is 13.1. The van der Waals surface area contributed by atoms with Crippen LogP contribution in [0.5, 0.6) is 0 Å². The highest BCUT2D eigenvalue weighted by Crippen LogP contribution is 2.31. The van der Waals surface area contributed by atoms with Crippen molar-refractivity contribution in [1.29, 1.82) is 0 Å². The second-order valence-electron chi connectivity index (χ2n) is 5.08. The van der Waals surface area contributed by atoms with Crippen molar-refractivity contribution < 1.29 is 8.81 Å². The summed E-state index contributed by atoms with van der Waals surface area (Å²) in [5.41, 5.74) is 3.47. The number of rotatable bonds is 4. The lowest BCUT2D eigenvalue weighted by atomic mass is 9.89. The van der Waals surface area contributed by atoms with Crippen LogP contribution in [0.4, 0.5) is 4.39 Å². The van der Waals surface area contributed by atoms with Gasteiger partial charge in [-0.2, -0.15) is 0 Å². The molecule has 98 valence electrons. The van der Waals surface area contributed by atoms with Crippen LogP contribution in [-0.4, -0.2) is 0 Å². The first-order valence-electron chi connectivity index (χ1n) is 6.18. The van der Waals surface area contributed by atoms with E-state index in [1.165, 1.54) is 12.1 Å². The summed E-state index contributed by atoms with van der Waals surface area (Å²) in [6.45, 7) is 6.39. The van der Waals surface area contributed by atoms with Gasteiger partial charge in [0.05, 0.1) is 6.04 Å². The van der Waals surface area contributed by atoms with Gasteiger partial charge in [-0.15, -0.1) is 0 Å². The fourth-order valence-corrected chi connectivity index (χ4v) is 2.07. The van der Waals surface area contributed by atoms with E-state index in [1.807, 2.05) is 6.07 Å². The number of hydrazine groups is 1. The number of nitrogens with one attached hydrogen (secondary N) is 1.